The number of hydrogen-bond acceptors (Lipinski definition) is 4. The lowest BCUT2D eigenvalue weighted by molar-refractivity contribution is -0.139. The highest BCUT2D eigenvalue weighted by Gasteiger charge is 2.22. The van der Waals surface area contributed by atoms with Crippen LogP contribution >= 0.6 is 0 Å². The fourth-order valence-corrected chi connectivity index (χ4v) is 2.15. The highest BCUT2D eigenvalue weighted by molar-refractivity contribution is 5.80. The first kappa shape index (κ1) is 17.3. The number of likely N-dealkylation sites (N-methyl/N-ethyl adjacent to an activating group) is 1. The molecule has 24 heavy (non-hydrogen) atoms. The number of ether oxygens (including phenoxy) is 1. The van der Waals surface area contributed by atoms with Crippen LogP contribution in [0.1, 0.15) is 5.56 Å². The number of carboxylic acid groups (broad SMARTS) is 1. The van der Waals surface area contributed by atoms with E-state index in [9.17, 15) is 14.7 Å². The Labute approximate surface area is 140 Å². The third-order valence-electron chi connectivity index (χ3n) is 3.46. The number of para-hydroxylation sites is 1. The van der Waals surface area contributed by atoms with Gasteiger partial charge in [-0.2, -0.15) is 0 Å². The van der Waals surface area contributed by atoms with E-state index in [2.05, 4.69) is 5.32 Å². The Morgan fingerprint density at radius 1 is 1.08 bits per heavy atom. The highest BCUT2D eigenvalue weighted by atomic mass is 16.5. The van der Waals surface area contributed by atoms with E-state index < -0.39 is 18.1 Å². The van der Waals surface area contributed by atoms with E-state index in [0.717, 1.165) is 11.3 Å². The van der Waals surface area contributed by atoms with Crippen LogP contribution in [0.25, 0.3) is 0 Å². The molecule has 0 aromatic heterocycles. The predicted molar refractivity (Wildman–Crippen MR) is 90.9 cm³/mol. The first-order valence-electron chi connectivity index (χ1n) is 7.52. The Bertz CT molecular complexity index is 661. The van der Waals surface area contributed by atoms with Gasteiger partial charge in [-0.05, 0) is 17.7 Å². The molecule has 2 aromatic carbocycles. The standard InChI is InChI=1S/C18H20N2O4/c1-20(15-10-6-3-7-11-15)12-16(17(21)22)19-18(23)24-13-14-8-4-2-5-9-14/h2-11,16H,12-13H2,1H3,(H,19,23)(H,21,22). The molecule has 2 N–H and O–H groups in total. The maximum atomic E-state index is 11.8. The van der Waals surface area contributed by atoms with Crippen LogP contribution in [0, 0.1) is 0 Å². The smallest absolute Gasteiger partial charge is 0.408 e. The van der Waals surface area contributed by atoms with Crippen LogP contribution in [0.3, 0.4) is 0 Å². The predicted octanol–water partition coefficient (Wildman–Crippen LogP) is 2.50. The number of nitrogens with zero attached hydrogens (tertiary/aromatic N) is 1. The summed E-state index contributed by atoms with van der Waals surface area (Å²) < 4.78 is 5.06. The highest BCUT2D eigenvalue weighted by Crippen LogP contribution is 2.11. The molecule has 0 bridgehead atoms. The molecule has 0 radical (unpaired) electrons. The molecule has 2 aromatic rings. The van der Waals surface area contributed by atoms with Crippen LogP contribution in [0.5, 0.6) is 0 Å². The van der Waals surface area contributed by atoms with Gasteiger partial charge in [-0.1, -0.05) is 48.5 Å². The lowest BCUT2D eigenvalue weighted by Gasteiger charge is -2.23. The molecule has 1 unspecified atom stereocenters. The molecule has 126 valence electrons. The molecular weight excluding hydrogens is 308 g/mol. The lowest BCUT2D eigenvalue weighted by Crippen LogP contribution is -2.47. The van der Waals surface area contributed by atoms with Crippen LogP contribution in [0.15, 0.2) is 60.7 Å². The third kappa shape index (κ3) is 5.31. The number of amides is 1. The molecule has 0 saturated heterocycles. The van der Waals surface area contributed by atoms with Crippen molar-refractivity contribution < 1.29 is 19.4 Å². The number of carbonyl (C=O) groups is 2. The number of benzene rings is 2. The Morgan fingerprint density at radius 3 is 2.25 bits per heavy atom. The zero-order valence-corrected chi connectivity index (χ0v) is 13.4. The van der Waals surface area contributed by atoms with Gasteiger partial charge in [0.15, 0.2) is 0 Å². The van der Waals surface area contributed by atoms with Gasteiger partial charge in [0.25, 0.3) is 0 Å². The van der Waals surface area contributed by atoms with Gasteiger partial charge in [0.1, 0.15) is 12.6 Å². The summed E-state index contributed by atoms with van der Waals surface area (Å²) in [4.78, 5) is 25.0. The number of alkyl carbamates (subject to hydrolysis) is 1. The molecule has 6 nitrogen and oxygen atoms in total. The van der Waals surface area contributed by atoms with Crippen molar-refractivity contribution >= 4 is 17.7 Å². The summed E-state index contributed by atoms with van der Waals surface area (Å²) in [7, 11) is 1.77. The minimum atomic E-state index is -1.12. The average Bonchev–Trinajstić information content (AvgIpc) is 2.61. The van der Waals surface area contributed by atoms with Gasteiger partial charge in [-0.3, -0.25) is 0 Å². The SMILES string of the molecule is CN(CC(NC(=O)OCc1ccccc1)C(=O)O)c1ccccc1. The van der Waals surface area contributed by atoms with Gasteiger partial charge in [-0.25, -0.2) is 9.59 Å². The number of nitrogens with one attached hydrogen (secondary N) is 1. The van der Waals surface area contributed by atoms with Gasteiger partial charge in [0, 0.05) is 19.3 Å². The van der Waals surface area contributed by atoms with E-state index in [4.69, 9.17) is 4.74 Å². The third-order valence-corrected chi connectivity index (χ3v) is 3.46. The number of anilines is 1. The minimum Gasteiger partial charge on any atom is -0.480 e. The Morgan fingerprint density at radius 2 is 1.67 bits per heavy atom. The summed E-state index contributed by atoms with van der Waals surface area (Å²) in [5.74, 6) is -1.12. The summed E-state index contributed by atoms with van der Waals surface area (Å²) in [6, 6.07) is 17.5. The summed E-state index contributed by atoms with van der Waals surface area (Å²) >= 11 is 0. The van der Waals surface area contributed by atoms with Crippen LogP contribution < -0.4 is 10.2 Å². The van der Waals surface area contributed by atoms with Crippen molar-refractivity contribution in [1.82, 2.24) is 5.32 Å². The Kier molecular flexibility index (Phi) is 6.19. The van der Waals surface area contributed by atoms with E-state index >= 15 is 0 Å². The molecule has 6 heteroatoms. The molecule has 0 aliphatic carbocycles. The van der Waals surface area contributed by atoms with E-state index in [0.29, 0.717) is 0 Å². The zero-order valence-electron chi connectivity index (χ0n) is 13.4. The van der Waals surface area contributed by atoms with Crippen LogP contribution in [0.2, 0.25) is 0 Å². The molecule has 0 heterocycles. The molecule has 0 fully saturated rings. The maximum Gasteiger partial charge on any atom is 0.408 e. The molecule has 0 aliphatic rings. The lowest BCUT2D eigenvalue weighted by atomic mass is 10.2. The van der Waals surface area contributed by atoms with Crippen LogP contribution in [0.4, 0.5) is 10.5 Å². The number of rotatable bonds is 7. The van der Waals surface area contributed by atoms with Crippen molar-refractivity contribution in [3.63, 3.8) is 0 Å². The van der Waals surface area contributed by atoms with E-state index in [-0.39, 0.29) is 13.2 Å². The summed E-state index contributed by atoms with van der Waals surface area (Å²) in [6.07, 6.45) is -0.757. The van der Waals surface area contributed by atoms with Crippen LogP contribution in [-0.2, 0) is 16.1 Å². The first-order chi connectivity index (χ1) is 11.6. The van der Waals surface area contributed by atoms with Crippen molar-refractivity contribution in [2.24, 2.45) is 0 Å². The van der Waals surface area contributed by atoms with Crippen molar-refractivity contribution in [3.05, 3.63) is 66.2 Å². The van der Waals surface area contributed by atoms with E-state index in [1.165, 1.54) is 0 Å². The number of carboxylic acids is 1. The molecule has 0 saturated carbocycles. The second kappa shape index (κ2) is 8.57. The van der Waals surface area contributed by atoms with Crippen LogP contribution in [-0.4, -0.2) is 36.8 Å². The van der Waals surface area contributed by atoms with E-state index in [1.54, 1.807) is 11.9 Å². The molecule has 0 spiro atoms. The summed E-state index contributed by atoms with van der Waals surface area (Å²) in [5.41, 5.74) is 1.70. The van der Waals surface area contributed by atoms with E-state index in [1.807, 2.05) is 60.7 Å². The Balaban J connectivity index is 1.88. The molecule has 2 rings (SSSR count). The minimum absolute atomic E-state index is 0.0908. The quantitative estimate of drug-likeness (QED) is 0.816. The van der Waals surface area contributed by atoms with Gasteiger partial charge in [0.2, 0.25) is 0 Å². The largest absolute Gasteiger partial charge is 0.480 e. The molecule has 1 amide bonds. The molecule has 0 aliphatic heterocycles. The fourth-order valence-electron chi connectivity index (χ4n) is 2.15. The fraction of sp³-hybridized carbons (Fsp3) is 0.222. The Hall–Kier alpha value is -3.02. The zero-order chi connectivity index (χ0) is 17.4. The maximum absolute atomic E-state index is 11.8. The van der Waals surface area contributed by atoms with Crippen molar-refractivity contribution in [2.75, 3.05) is 18.5 Å². The van der Waals surface area contributed by atoms with Gasteiger partial charge in [-0.15, -0.1) is 0 Å². The average molecular weight is 328 g/mol. The number of carbonyl (C=O) groups excluding carboxylic acids is 1. The van der Waals surface area contributed by atoms with Gasteiger partial charge < -0.3 is 20.1 Å². The number of hydrogen-bond donors (Lipinski definition) is 2. The molecule has 1 atom stereocenters. The van der Waals surface area contributed by atoms with Gasteiger partial charge in [0.05, 0.1) is 0 Å². The second-order valence-electron chi connectivity index (χ2n) is 5.31. The topological polar surface area (TPSA) is 78.9 Å². The monoisotopic (exact) mass is 328 g/mol. The first-order valence-corrected chi connectivity index (χ1v) is 7.52. The number of aliphatic carboxylic acids is 1. The summed E-state index contributed by atoms with van der Waals surface area (Å²) in [5, 5.41) is 11.7. The van der Waals surface area contributed by atoms with Gasteiger partial charge >= 0.3 is 12.1 Å². The van der Waals surface area contributed by atoms with Crippen molar-refractivity contribution in [2.45, 2.75) is 12.6 Å². The summed E-state index contributed by atoms with van der Waals surface area (Å²) in [6.45, 7) is 0.216. The van der Waals surface area contributed by atoms with Crippen molar-refractivity contribution in [3.8, 4) is 0 Å². The normalized spacial score (nSPS) is 11.4. The van der Waals surface area contributed by atoms with Crippen molar-refractivity contribution in [1.29, 1.82) is 0 Å². The second-order valence-corrected chi connectivity index (χ2v) is 5.31. The molecular formula is C18H20N2O4.